The molecule has 0 amide bonds. The highest BCUT2D eigenvalue weighted by Gasteiger charge is 2.13. The zero-order chi connectivity index (χ0) is 10.8. The Kier molecular flexibility index (Phi) is 2.46. The van der Waals surface area contributed by atoms with E-state index in [1.54, 1.807) is 0 Å². The SMILES string of the molecule is c1ccc2ncc(NC3CCNC3)cc2c1. The molecule has 1 saturated heterocycles. The predicted molar refractivity (Wildman–Crippen MR) is 66.6 cm³/mol. The molecule has 2 N–H and O–H groups in total. The van der Waals surface area contributed by atoms with E-state index in [-0.39, 0.29) is 0 Å². The van der Waals surface area contributed by atoms with Crippen LogP contribution in [0.1, 0.15) is 6.42 Å². The van der Waals surface area contributed by atoms with Crippen molar-refractivity contribution in [2.24, 2.45) is 0 Å². The summed E-state index contributed by atoms with van der Waals surface area (Å²) < 4.78 is 0. The highest BCUT2D eigenvalue weighted by molar-refractivity contribution is 5.81. The van der Waals surface area contributed by atoms with Gasteiger partial charge in [-0.2, -0.15) is 0 Å². The fraction of sp³-hybridized carbons (Fsp3) is 0.308. The van der Waals surface area contributed by atoms with Crippen LogP contribution < -0.4 is 10.6 Å². The van der Waals surface area contributed by atoms with Crippen LogP contribution in [0.4, 0.5) is 5.69 Å². The fourth-order valence-corrected chi connectivity index (χ4v) is 2.16. The van der Waals surface area contributed by atoms with Crippen molar-refractivity contribution in [3.63, 3.8) is 0 Å². The van der Waals surface area contributed by atoms with E-state index in [4.69, 9.17) is 0 Å². The third-order valence-corrected chi connectivity index (χ3v) is 3.02. The minimum atomic E-state index is 0.544. The molecule has 0 radical (unpaired) electrons. The van der Waals surface area contributed by atoms with Gasteiger partial charge >= 0.3 is 0 Å². The summed E-state index contributed by atoms with van der Waals surface area (Å²) in [6.07, 6.45) is 3.10. The third kappa shape index (κ3) is 1.86. The minimum absolute atomic E-state index is 0.544. The average Bonchev–Trinajstić information content (AvgIpc) is 2.82. The lowest BCUT2D eigenvalue weighted by Crippen LogP contribution is -2.22. The van der Waals surface area contributed by atoms with Crippen LogP contribution >= 0.6 is 0 Å². The van der Waals surface area contributed by atoms with Gasteiger partial charge in [-0.1, -0.05) is 18.2 Å². The highest BCUT2D eigenvalue weighted by atomic mass is 15.0. The van der Waals surface area contributed by atoms with Gasteiger partial charge in [-0.25, -0.2) is 0 Å². The average molecular weight is 213 g/mol. The first-order chi connectivity index (χ1) is 7.92. The Labute approximate surface area is 94.9 Å². The Balaban J connectivity index is 1.86. The molecule has 1 aliphatic rings. The molecule has 3 heteroatoms. The van der Waals surface area contributed by atoms with Gasteiger partial charge in [-0.05, 0) is 25.1 Å². The van der Waals surface area contributed by atoms with Gasteiger partial charge in [0.05, 0.1) is 17.4 Å². The van der Waals surface area contributed by atoms with Crippen molar-refractivity contribution in [1.29, 1.82) is 0 Å². The molecule has 2 heterocycles. The zero-order valence-corrected chi connectivity index (χ0v) is 9.11. The van der Waals surface area contributed by atoms with Crippen molar-refractivity contribution in [2.75, 3.05) is 18.4 Å². The van der Waals surface area contributed by atoms with Gasteiger partial charge < -0.3 is 10.6 Å². The number of benzene rings is 1. The summed E-state index contributed by atoms with van der Waals surface area (Å²) in [5, 5.41) is 8.05. The van der Waals surface area contributed by atoms with Gasteiger partial charge in [0.25, 0.3) is 0 Å². The Morgan fingerprint density at radius 2 is 2.25 bits per heavy atom. The van der Waals surface area contributed by atoms with E-state index in [0.717, 1.165) is 24.3 Å². The summed E-state index contributed by atoms with van der Waals surface area (Å²) in [6, 6.07) is 10.9. The number of hydrogen-bond donors (Lipinski definition) is 2. The summed E-state index contributed by atoms with van der Waals surface area (Å²) >= 11 is 0. The summed E-state index contributed by atoms with van der Waals surface area (Å²) in [6.45, 7) is 2.16. The van der Waals surface area contributed by atoms with Crippen molar-refractivity contribution in [3.05, 3.63) is 36.5 Å². The number of aromatic nitrogens is 1. The van der Waals surface area contributed by atoms with Crippen molar-refractivity contribution in [3.8, 4) is 0 Å². The number of nitrogens with zero attached hydrogens (tertiary/aromatic N) is 1. The zero-order valence-electron chi connectivity index (χ0n) is 9.11. The topological polar surface area (TPSA) is 37.0 Å². The van der Waals surface area contributed by atoms with E-state index in [1.165, 1.54) is 11.8 Å². The quantitative estimate of drug-likeness (QED) is 0.801. The van der Waals surface area contributed by atoms with E-state index in [2.05, 4.69) is 27.8 Å². The van der Waals surface area contributed by atoms with Crippen LogP contribution in [0.25, 0.3) is 10.9 Å². The molecule has 16 heavy (non-hydrogen) atoms. The Morgan fingerprint density at radius 3 is 3.12 bits per heavy atom. The third-order valence-electron chi connectivity index (χ3n) is 3.02. The molecule has 1 unspecified atom stereocenters. The van der Waals surface area contributed by atoms with Crippen molar-refractivity contribution >= 4 is 16.6 Å². The molecule has 0 bridgehead atoms. The molecule has 1 aromatic carbocycles. The van der Waals surface area contributed by atoms with Crippen LogP contribution in [0, 0.1) is 0 Å². The molecule has 0 spiro atoms. The molecular weight excluding hydrogens is 198 g/mol. The second kappa shape index (κ2) is 4.10. The van der Waals surface area contributed by atoms with E-state index in [9.17, 15) is 0 Å². The molecule has 3 rings (SSSR count). The molecule has 1 aromatic heterocycles. The second-order valence-corrected chi connectivity index (χ2v) is 4.25. The normalized spacial score (nSPS) is 20.1. The first-order valence-corrected chi connectivity index (χ1v) is 5.74. The number of fused-ring (bicyclic) bond motifs is 1. The number of anilines is 1. The second-order valence-electron chi connectivity index (χ2n) is 4.25. The largest absolute Gasteiger partial charge is 0.380 e. The molecule has 1 atom stereocenters. The van der Waals surface area contributed by atoms with Gasteiger partial charge in [0, 0.05) is 18.0 Å². The Bertz CT molecular complexity index is 489. The Hall–Kier alpha value is -1.61. The lowest BCUT2D eigenvalue weighted by atomic mass is 10.2. The number of nitrogens with one attached hydrogen (secondary N) is 2. The number of rotatable bonds is 2. The van der Waals surface area contributed by atoms with E-state index in [1.807, 2.05) is 24.4 Å². The van der Waals surface area contributed by atoms with Gasteiger partial charge in [-0.3, -0.25) is 4.98 Å². The van der Waals surface area contributed by atoms with E-state index >= 15 is 0 Å². The first kappa shape index (κ1) is 9.60. The van der Waals surface area contributed by atoms with Gasteiger partial charge in [0.15, 0.2) is 0 Å². The maximum absolute atomic E-state index is 4.44. The van der Waals surface area contributed by atoms with Crippen LogP contribution in [0.15, 0.2) is 36.5 Å². The summed E-state index contributed by atoms with van der Waals surface area (Å²) in [5.74, 6) is 0. The molecular formula is C13H15N3. The smallest absolute Gasteiger partial charge is 0.0703 e. The Morgan fingerprint density at radius 1 is 1.31 bits per heavy atom. The predicted octanol–water partition coefficient (Wildman–Crippen LogP) is 2.01. The molecule has 3 nitrogen and oxygen atoms in total. The summed E-state index contributed by atoms with van der Waals surface area (Å²) in [7, 11) is 0. The van der Waals surface area contributed by atoms with Crippen LogP contribution in [0.2, 0.25) is 0 Å². The first-order valence-electron chi connectivity index (χ1n) is 5.74. The standard InChI is InChI=1S/C13H15N3/c1-2-4-13-10(3-1)7-12(9-15-13)16-11-5-6-14-8-11/h1-4,7,9,11,14,16H,5-6,8H2. The number of pyridine rings is 1. The van der Waals surface area contributed by atoms with Crippen molar-refractivity contribution in [2.45, 2.75) is 12.5 Å². The highest BCUT2D eigenvalue weighted by Crippen LogP contribution is 2.17. The van der Waals surface area contributed by atoms with Crippen LogP contribution in [-0.2, 0) is 0 Å². The lowest BCUT2D eigenvalue weighted by Gasteiger charge is -2.12. The monoisotopic (exact) mass is 213 g/mol. The fourth-order valence-electron chi connectivity index (χ4n) is 2.16. The molecule has 0 saturated carbocycles. The maximum atomic E-state index is 4.44. The molecule has 2 aromatic rings. The van der Waals surface area contributed by atoms with Crippen LogP contribution in [0.5, 0.6) is 0 Å². The van der Waals surface area contributed by atoms with Crippen LogP contribution in [-0.4, -0.2) is 24.1 Å². The van der Waals surface area contributed by atoms with Crippen molar-refractivity contribution in [1.82, 2.24) is 10.3 Å². The summed E-state index contributed by atoms with van der Waals surface area (Å²) in [5.41, 5.74) is 2.17. The van der Waals surface area contributed by atoms with E-state index < -0.39 is 0 Å². The van der Waals surface area contributed by atoms with Crippen LogP contribution in [0.3, 0.4) is 0 Å². The van der Waals surface area contributed by atoms with Crippen molar-refractivity contribution < 1.29 is 0 Å². The molecule has 0 aliphatic carbocycles. The maximum Gasteiger partial charge on any atom is 0.0703 e. The number of para-hydroxylation sites is 1. The van der Waals surface area contributed by atoms with Gasteiger partial charge in [0.1, 0.15) is 0 Å². The molecule has 1 fully saturated rings. The minimum Gasteiger partial charge on any atom is -0.380 e. The summed E-state index contributed by atoms with van der Waals surface area (Å²) in [4.78, 5) is 4.44. The lowest BCUT2D eigenvalue weighted by molar-refractivity contribution is 0.793. The van der Waals surface area contributed by atoms with E-state index in [0.29, 0.717) is 6.04 Å². The molecule has 1 aliphatic heterocycles. The van der Waals surface area contributed by atoms with Gasteiger partial charge in [-0.15, -0.1) is 0 Å². The molecule has 82 valence electrons. The van der Waals surface area contributed by atoms with Gasteiger partial charge in [0.2, 0.25) is 0 Å². The number of hydrogen-bond acceptors (Lipinski definition) is 3.